The van der Waals surface area contributed by atoms with E-state index >= 15 is 0 Å². The molecule has 1 fully saturated rings. The Morgan fingerprint density at radius 3 is 3.20 bits per heavy atom. The van der Waals surface area contributed by atoms with Crippen molar-refractivity contribution in [3.63, 3.8) is 0 Å². The van der Waals surface area contributed by atoms with Crippen LogP contribution >= 0.6 is 0 Å². The van der Waals surface area contributed by atoms with Gasteiger partial charge in [0.05, 0.1) is 12.3 Å². The van der Waals surface area contributed by atoms with Crippen LogP contribution in [0.4, 0.5) is 0 Å². The highest BCUT2D eigenvalue weighted by molar-refractivity contribution is 5.02. The molecule has 0 radical (unpaired) electrons. The summed E-state index contributed by atoms with van der Waals surface area (Å²) < 4.78 is 10.7. The van der Waals surface area contributed by atoms with Crippen LogP contribution in [0.3, 0.4) is 0 Å². The van der Waals surface area contributed by atoms with Gasteiger partial charge in [0.2, 0.25) is 0 Å². The lowest BCUT2D eigenvalue weighted by Crippen LogP contribution is -2.21. The molecule has 0 bridgehead atoms. The first-order valence-electron chi connectivity index (χ1n) is 5.71. The minimum Gasteiger partial charge on any atom is -0.468 e. The maximum Gasteiger partial charge on any atom is 0.120 e. The van der Waals surface area contributed by atoms with Crippen molar-refractivity contribution in [2.45, 2.75) is 25.8 Å². The van der Waals surface area contributed by atoms with E-state index in [2.05, 4.69) is 12.2 Å². The van der Waals surface area contributed by atoms with Crippen molar-refractivity contribution >= 4 is 0 Å². The van der Waals surface area contributed by atoms with E-state index < -0.39 is 0 Å². The molecule has 1 aromatic heterocycles. The van der Waals surface area contributed by atoms with Crippen molar-refractivity contribution in [3.8, 4) is 0 Å². The quantitative estimate of drug-likeness (QED) is 0.808. The minimum atomic E-state index is 0.308. The molecule has 2 rings (SSSR count). The summed E-state index contributed by atoms with van der Waals surface area (Å²) in [7, 11) is 0. The Bertz CT molecular complexity index is 265. The number of rotatable bonds is 5. The molecule has 2 unspecified atom stereocenters. The zero-order chi connectivity index (χ0) is 10.5. The molecule has 3 nitrogen and oxygen atoms in total. The average Bonchev–Trinajstić information content (AvgIpc) is 2.90. The highest BCUT2D eigenvalue weighted by Crippen LogP contribution is 2.17. The zero-order valence-electron chi connectivity index (χ0n) is 9.24. The van der Waals surface area contributed by atoms with Crippen molar-refractivity contribution in [3.05, 3.63) is 24.2 Å². The number of furan rings is 1. The monoisotopic (exact) mass is 209 g/mol. The van der Waals surface area contributed by atoms with E-state index in [-0.39, 0.29) is 0 Å². The molecule has 1 aliphatic rings. The molecule has 1 aliphatic heterocycles. The normalized spacial score (nSPS) is 23.1. The van der Waals surface area contributed by atoms with Crippen molar-refractivity contribution in [1.29, 1.82) is 0 Å². The summed E-state index contributed by atoms with van der Waals surface area (Å²) in [5.74, 6) is 1.76. The van der Waals surface area contributed by atoms with Gasteiger partial charge < -0.3 is 14.5 Å². The first-order valence-corrected chi connectivity index (χ1v) is 5.71. The number of hydrogen-bond acceptors (Lipinski definition) is 3. The van der Waals surface area contributed by atoms with Gasteiger partial charge in [-0.2, -0.15) is 0 Å². The Balaban J connectivity index is 1.65. The molecule has 0 saturated carbocycles. The van der Waals surface area contributed by atoms with E-state index in [1.807, 2.05) is 12.1 Å². The summed E-state index contributed by atoms with van der Waals surface area (Å²) in [5.41, 5.74) is 0. The molecular weight excluding hydrogens is 190 g/mol. The van der Waals surface area contributed by atoms with Crippen LogP contribution in [0.15, 0.2) is 22.8 Å². The van der Waals surface area contributed by atoms with E-state index in [4.69, 9.17) is 9.15 Å². The molecule has 0 spiro atoms. The standard InChI is InChI=1S/C12H19NO2/c1-10(12-3-2-7-15-12)13-6-4-11-5-8-14-9-11/h2-3,7,10-11,13H,4-6,8-9H2,1H3. The van der Waals surface area contributed by atoms with Gasteiger partial charge in [0.15, 0.2) is 0 Å². The maximum atomic E-state index is 5.34. The van der Waals surface area contributed by atoms with Crippen LogP contribution in [0.5, 0.6) is 0 Å². The predicted molar refractivity (Wildman–Crippen MR) is 58.7 cm³/mol. The molecule has 0 aliphatic carbocycles. The first kappa shape index (κ1) is 10.7. The lowest BCUT2D eigenvalue weighted by atomic mass is 10.1. The lowest BCUT2D eigenvalue weighted by molar-refractivity contribution is 0.184. The number of ether oxygens (including phenoxy) is 1. The molecule has 2 atom stereocenters. The highest BCUT2D eigenvalue weighted by atomic mass is 16.5. The minimum absolute atomic E-state index is 0.308. The fourth-order valence-electron chi connectivity index (χ4n) is 1.95. The zero-order valence-corrected chi connectivity index (χ0v) is 9.24. The molecule has 2 heterocycles. The smallest absolute Gasteiger partial charge is 0.120 e. The van der Waals surface area contributed by atoms with Crippen LogP contribution in [-0.2, 0) is 4.74 Å². The Hall–Kier alpha value is -0.800. The molecule has 0 amide bonds. The third kappa shape index (κ3) is 3.08. The van der Waals surface area contributed by atoms with Crippen molar-refractivity contribution in [2.24, 2.45) is 5.92 Å². The number of nitrogens with one attached hydrogen (secondary N) is 1. The van der Waals surface area contributed by atoms with Crippen LogP contribution in [0, 0.1) is 5.92 Å². The summed E-state index contributed by atoms with van der Waals surface area (Å²) in [6.45, 7) is 5.05. The van der Waals surface area contributed by atoms with Gasteiger partial charge in [-0.1, -0.05) is 0 Å². The van der Waals surface area contributed by atoms with E-state index in [0.29, 0.717) is 6.04 Å². The Labute approximate surface area is 90.8 Å². The summed E-state index contributed by atoms with van der Waals surface area (Å²) in [6, 6.07) is 4.25. The fourth-order valence-corrected chi connectivity index (χ4v) is 1.95. The van der Waals surface area contributed by atoms with E-state index in [1.54, 1.807) is 6.26 Å². The third-order valence-electron chi connectivity index (χ3n) is 3.00. The van der Waals surface area contributed by atoms with Crippen LogP contribution in [0.2, 0.25) is 0 Å². The second kappa shape index (κ2) is 5.33. The largest absolute Gasteiger partial charge is 0.468 e. The fraction of sp³-hybridized carbons (Fsp3) is 0.667. The van der Waals surface area contributed by atoms with E-state index in [9.17, 15) is 0 Å². The predicted octanol–water partition coefficient (Wildman–Crippen LogP) is 2.36. The van der Waals surface area contributed by atoms with Crippen LogP contribution in [0.25, 0.3) is 0 Å². The molecule has 1 saturated heterocycles. The van der Waals surface area contributed by atoms with Gasteiger partial charge in [0, 0.05) is 13.2 Å². The van der Waals surface area contributed by atoms with Gasteiger partial charge in [0.25, 0.3) is 0 Å². The summed E-state index contributed by atoms with van der Waals surface area (Å²) in [6.07, 6.45) is 4.14. The second-order valence-electron chi connectivity index (χ2n) is 4.21. The molecule has 3 heteroatoms. The van der Waals surface area contributed by atoms with Crippen molar-refractivity contribution < 1.29 is 9.15 Å². The van der Waals surface area contributed by atoms with Gasteiger partial charge in [-0.3, -0.25) is 0 Å². The van der Waals surface area contributed by atoms with E-state index in [0.717, 1.165) is 31.4 Å². The highest BCUT2D eigenvalue weighted by Gasteiger charge is 2.15. The number of hydrogen-bond donors (Lipinski definition) is 1. The van der Waals surface area contributed by atoms with Gasteiger partial charge in [0.1, 0.15) is 5.76 Å². The van der Waals surface area contributed by atoms with E-state index in [1.165, 1.54) is 12.8 Å². The van der Waals surface area contributed by atoms with Crippen LogP contribution in [0.1, 0.15) is 31.6 Å². The van der Waals surface area contributed by atoms with Gasteiger partial charge in [-0.25, -0.2) is 0 Å². The summed E-state index contributed by atoms with van der Waals surface area (Å²) in [4.78, 5) is 0. The van der Waals surface area contributed by atoms with Gasteiger partial charge in [-0.15, -0.1) is 0 Å². The maximum absolute atomic E-state index is 5.34. The lowest BCUT2D eigenvalue weighted by Gasteiger charge is -2.13. The molecule has 1 aromatic rings. The second-order valence-corrected chi connectivity index (χ2v) is 4.21. The van der Waals surface area contributed by atoms with Crippen molar-refractivity contribution in [2.75, 3.05) is 19.8 Å². The first-order chi connectivity index (χ1) is 7.36. The average molecular weight is 209 g/mol. The van der Waals surface area contributed by atoms with Crippen molar-refractivity contribution in [1.82, 2.24) is 5.32 Å². The Morgan fingerprint density at radius 1 is 1.60 bits per heavy atom. The van der Waals surface area contributed by atoms with Crippen LogP contribution in [-0.4, -0.2) is 19.8 Å². The van der Waals surface area contributed by atoms with Gasteiger partial charge in [-0.05, 0) is 44.4 Å². The Kier molecular flexibility index (Phi) is 3.80. The Morgan fingerprint density at radius 2 is 2.53 bits per heavy atom. The molecule has 0 aromatic carbocycles. The van der Waals surface area contributed by atoms with Crippen LogP contribution < -0.4 is 5.32 Å². The molecular formula is C12H19NO2. The summed E-state index contributed by atoms with van der Waals surface area (Å²) in [5, 5.41) is 3.46. The SMILES string of the molecule is CC(NCCC1CCOC1)c1ccco1. The molecule has 84 valence electrons. The topological polar surface area (TPSA) is 34.4 Å². The van der Waals surface area contributed by atoms with Gasteiger partial charge >= 0.3 is 0 Å². The molecule has 15 heavy (non-hydrogen) atoms. The molecule has 1 N–H and O–H groups in total. The summed E-state index contributed by atoms with van der Waals surface area (Å²) >= 11 is 0. The third-order valence-corrected chi connectivity index (χ3v) is 3.00.